The number of hydrogen-bond acceptors (Lipinski definition) is 6. The summed E-state index contributed by atoms with van der Waals surface area (Å²) in [5.41, 5.74) is 7.00. The van der Waals surface area contributed by atoms with E-state index < -0.39 is 6.04 Å². The predicted octanol–water partition coefficient (Wildman–Crippen LogP) is 3.68. The van der Waals surface area contributed by atoms with Crippen molar-refractivity contribution in [2.24, 2.45) is 5.73 Å². The van der Waals surface area contributed by atoms with E-state index in [0.29, 0.717) is 16.2 Å². The van der Waals surface area contributed by atoms with Crippen molar-refractivity contribution in [1.29, 1.82) is 0 Å². The first kappa shape index (κ1) is 15.2. The minimum absolute atomic E-state index is 0.264. The van der Waals surface area contributed by atoms with Crippen LogP contribution in [0.4, 0.5) is 0 Å². The summed E-state index contributed by atoms with van der Waals surface area (Å²) in [7, 11) is 0. The Labute approximate surface area is 137 Å². The van der Waals surface area contributed by atoms with Crippen LogP contribution in [0.1, 0.15) is 35.5 Å². The van der Waals surface area contributed by atoms with E-state index in [1.807, 2.05) is 47.8 Å². The molecule has 21 heavy (non-hydrogen) atoms. The molecular weight excluding hydrogens is 326 g/mol. The van der Waals surface area contributed by atoms with Crippen LogP contribution >= 0.6 is 35.1 Å². The van der Waals surface area contributed by atoms with E-state index in [0.717, 1.165) is 17.1 Å². The van der Waals surface area contributed by atoms with Crippen LogP contribution in [0.5, 0.6) is 0 Å². The highest BCUT2D eigenvalue weighted by Gasteiger charge is 2.29. The van der Waals surface area contributed by atoms with Crippen molar-refractivity contribution in [3.8, 4) is 0 Å². The van der Waals surface area contributed by atoms with E-state index in [9.17, 15) is 0 Å². The number of nitrogens with zero attached hydrogens (tertiary/aromatic N) is 2. The zero-order valence-electron chi connectivity index (χ0n) is 11.5. The number of thioether (sulfide) groups is 2. The first-order valence-electron chi connectivity index (χ1n) is 6.73. The molecule has 0 spiro atoms. The Morgan fingerprint density at radius 3 is 2.86 bits per heavy atom. The van der Waals surface area contributed by atoms with Gasteiger partial charge in [0.25, 0.3) is 0 Å². The van der Waals surface area contributed by atoms with Crippen molar-refractivity contribution in [3.63, 3.8) is 0 Å². The quantitative estimate of drug-likeness (QED) is 0.918. The van der Waals surface area contributed by atoms with Crippen LogP contribution in [0.3, 0.4) is 0 Å². The number of benzene rings is 1. The number of nitrogens with two attached hydrogens (primary N) is 1. The summed E-state index contributed by atoms with van der Waals surface area (Å²) in [4.78, 5) is 4.51. The molecule has 2 aromatic rings. The maximum atomic E-state index is 6.20. The topological polar surface area (TPSA) is 64.9 Å². The zero-order chi connectivity index (χ0) is 14.8. The molecule has 3 atom stereocenters. The van der Waals surface area contributed by atoms with Gasteiger partial charge in [0.15, 0.2) is 5.82 Å². The van der Waals surface area contributed by atoms with Gasteiger partial charge in [-0.2, -0.15) is 16.7 Å². The largest absolute Gasteiger partial charge is 0.337 e. The van der Waals surface area contributed by atoms with Gasteiger partial charge in [0.05, 0.1) is 5.25 Å². The van der Waals surface area contributed by atoms with Gasteiger partial charge < -0.3 is 10.3 Å². The fourth-order valence-electron chi connectivity index (χ4n) is 2.27. The number of hydrogen-bond donors (Lipinski definition) is 1. The second-order valence-electron chi connectivity index (χ2n) is 4.86. The summed E-state index contributed by atoms with van der Waals surface area (Å²) in [6.07, 6.45) is 0. The summed E-state index contributed by atoms with van der Waals surface area (Å²) in [5.74, 6) is 3.44. The molecule has 0 radical (unpaired) electrons. The van der Waals surface area contributed by atoms with E-state index in [-0.39, 0.29) is 5.25 Å². The molecule has 0 saturated carbocycles. The van der Waals surface area contributed by atoms with Crippen molar-refractivity contribution in [2.75, 3.05) is 11.5 Å². The second-order valence-corrected chi connectivity index (χ2v) is 8.00. The molecule has 0 amide bonds. The van der Waals surface area contributed by atoms with Crippen LogP contribution in [-0.4, -0.2) is 26.9 Å². The molecule has 2 N–H and O–H groups in total. The van der Waals surface area contributed by atoms with Gasteiger partial charge in [0.1, 0.15) is 6.04 Å². The summed E-state index contributed by atoms with van der Waals surface area (Å²) in [6.45, 7) is 2.20. The third kappa shape index (κ3) is 3.23. The minimum Gasteiger partial charge on any atom is -0.337 e. The molecule has 4 nitrogen and oxygen atoms in total. The van der Waals surface area contributed by atoms with Crippen LogP contribution in [0.15, 0.2) is 28.8 Å². The van der Waals surface area contributed by atoms with Crippen molar-refractivity contribution >= 4 is 35.1 Å². The molecule has 7 heteroatoms. The fraction of sp³-hybridized carbons (Fsp3) is 0.429. The zero-order valence-corrected chi connectivity index (χ0v) is 13.9. The maximum absolute atomic E-state index is 6.20. The highest BCUT2D eigenvalue weighted by Crippen LogP contribution is 2.41. The molecule has 0 aliphatic carbocycles. The molecule has 1 aromatic heterocycles. The van der Waals surface area contributed by atoms with Gasteiger partial charge in [0, 0.05) is 21.8 Å². The Bertz CT molecular complexity index is 622. The lowest BCUT2D eigenvalue weighted by Crippen LogP contribution is -2.17. The molecule has 1 aromatic carbocycles. The van der Waals surface area contributed by atoms with E-state index in [2.05, 4.69) is 17.1 Å². The smallest absolute Gasteiger partial charge is 0.248 e. The Morgan fingerprint density at radius 1 is 1.33 bits per heavy atom. The third-order valence-electron chi connectivity index (χ3n) is 3.41. The van der Waals surface area contributed by atoms with Crippen LogP contribution < -0.4 is 5.73 Å². The molecule has 2 unspecified atom stereocenters. The van der Waals surface area contributed by atoms with Crippen LogP contribution in [-0.2, 0) is 0 Å². The Kier molecular flexibility index (Phi) is 4.78. The van der Waals surface area contributed by atoms with Crippen LogP contribution in [0.25, 0.3) is 0 Å². The van der Waals surface area contributed by atoms with Gasteiger partial charge in [-0.05, 0) is 11.6 Å². The highest BCUT2D eigenvalue weighted by molar-refractivity contribution is 8.06. The van der Waals surface area contributed by atoms with Gasteiger partial charge in [0.2, 0.25) is 5.89 Å². The van der Waals surface area contributed by atoms with Crippen molar-refractivity contribution in [3.05, 3.63) is 46.6 Å². The van der Waals surface area contributed by atoms with Gasteiger partial charge in [-0.1, -0.05) is 41.9 Å². The second kappa shape index (κ2) is 6.60. The van der Waals surface area contributed by atoms with Crippen molar-refractivity contribution in [1.82, 2.24) is 10.1 Å². The monoisotopic (exact) mass is 341 g/mol. The standard InChI is InChI=1S/C14H16ClN3OS2/c1-8-12(21-7-6-20-8)13-17-14(19-18-13)11(16)9-4-2-3-5-10(9)15/h2-5,8,11-12H,6-7,16H2,1H3/t8?,11-,12?/m1/s1. The van der Waals surface area contributed by atoms with Gasteiger partial charge in [-0.3, -0.25) is 0 Å². The first-order chi connectivity index (χ1) is 10.2. The number of rotatable bonds is 3. The van der Waals surface area contributed by atoms with Crippen molar-refractivity contribution < 1.29 is 4.52 Å². The number of aromatic nitrogens is 2. The van der Waals surface area contributed by atoms with Crippen LogP contribution in [0, 0.1) is 0 Å². The average molecular weight is 342 g/mol. The Hall–Kier alpha value is -0.690. The van der Waals surface area contributed by atoms with Crippen LogP contribution in [0.2, 0.25) is 5.02 Å². The molecular formula is C14H16ClN3OS2. The van der Waals surface area contributed by atoms with Gasteiger partial charge in [-0.25, -0.2) is 0 Å². The molecule has 2 heterocycles. The number of halogens is 1. The first-order valence-corrected chi connectivity index (χ1v) is 9.21. The molecule has 1 fully saturated rings. The Morgan fingerprint density at radius 2 is 2.10 bits per heavy atom. The lowest BCUT2D eigenvalue weighted by molar-refractivity contribution is 0.362. The van der Waals surface area contributed by atoms with E-state index in [1.54, 1.807) is 0 Å². The molecule has 112 valence electrons. The van der Waals surface area contributed by atoms with Gasteiger partial charge in [-0.15, -0.1) is 11.8 Å². The third-order valence-corrected chi connectivity index (χ3v) is 6.84. The molecule has 1 aliphatic heterocycles. The summed E-state index contributed by atoms with van der Waals surface area (Å²) in [6, 6.07) is 6.97. The summed E-state index contributed by atoms with van der Waals surface area (Å²) in [5, 5.41) is 5.48. The lowest BCUT2D eigenvalue weighted by atomic mass is 10.1. The van der Waals surface area contributed by atoms with E-state index in [4.69, 9.17) is 21.9 Å². The SMILES string of the molecule is CC1SCCSC1c1noc([C@H](N)c2ccccc2Cl)n1. The van der Waals surface area contributed by atoms with E-state index in [1.165, 1.54) is 5.75 Å². The van der Waals surface area contributed by atoms with Gasteiger partial charge >= 0.3 is 0 Å². The fourth-order valence-corrected chi connectivity index (χ4v) is 5.20. The molecule has 1 saturated heterocycles. The normalized spacial score (nSPS) is 24.0. The summed E-state index contributed by atoms with van der Waals surface area (Å²) < 4.78 is 5.37. The minimum atomic E-state index is -0.489. The molecule has 0 bridgehead atoms. The molecule has 3 rings (SSSR count). The van der Waals surface area contributed by atoms with Crippen molar-refractivity contribution in [2.45, 2.75) is 23.5 Å². The average Bonchev–Trinajstić information content (AvgIpc) is 2.97. The highest BCUT2D eigenvalue weighted by atomic mass is 35.5. The Balaban J connectivity index is 1.83. The van der Waals surface area contributed by atoms with E-state index >= 15 is 0 Å². The summed E-state index contributed by atoms with van der Waals surface area (Å²) >= 11 is 9.99. The lowest BCUT2D eigenvalue weighted by Gasteiger charge is -2.24. The molecule has 1 aliphatic rings. The predicted molar refractivity (Wildman–Crippen MR) is 88.9 cm³/mol. The maximum Gasteiger partial charge on any atom is 0.248 e.